The van der Waals surface area contributed by atoms with Gasteiger partial charge in [0.1, 0.15) is 5.82 Å². The van der Waals surface area contributed by atoms with E-state index in [9.17, 15) is 9.18 Å². The molecule has 1 amide bonds. The lowest BCUT2D eigenvalue weighted by Gasteiger charge is -2.17. The Bertz CT molecular complexity index is 928. The smallest absolute Gasteiger partial charge is 0.233 e. The lowest BCUT2D eigenvalue weighted by Crippen LogP contribution is -2.27. The third kappa shape index (κ3) is 4.87. The highest BCUT2D eigenvalue weighted by molar-refractivity contribution is 7.99. The maximum atomic E-state index is 13.1. The fourth-order valence-corrected chi connectivity index (χ4v) is 3.46. The largest absolute Gasteiger partial charge is 0.341 e. The lowest BCUT2D eigenvalue weighted by atomic mass is 10.2. The van der Waals surface area contributed by atoms with Gasteiger partial charge in [-0.15, -0.1) is 10.2 Å². The molecular weight excluding hydrogens is 387 g/mol. The van der Waals surface area contributed by atoms with Crippen LogP contribution in [-0.2, 0) is 18.4 Å². The van der Waals surface area contributed by atoms with Gasteiger partial charge >= 0.3 is 0 Å². The van der Waals surface area contributed by atoms with E-state index in [0.29, 0.717) is 22.5 Å². The minimum Gasteiger partial charge on any atom is -0.341 e. The van der Waals surface area contributed by atoms with E-state index in [0.717, 1.165) is 11.1 Å². The average molecular weight is 405 g/mol. The average Bonchev–Trinajstić information content (AvgIpc) is 3.03. The van der Waals surface area contributed by atoms with Gasteiger partial charge in [0.25, 0.3) is 0 Å². The molecule has 3 rings (SSSR count). The molecule has 0 spiro atoms. The van der Waals surface area contributed by atoms with E-state index in [-0.39, 0.29) is 17.5 Å². The van der Waals surface area contributed by atoms with Crippen LogP contribution in [0.4, 0.5) is 4.39 Å². The van der Waals surface area contributed by atoms with Gasteiger partial charge in [0.2, 0.25) is 5.91 Å². The molecule has 0 aliphatic heterocycles. The van der Waals surface area contributed by atoms with Crippen molar-refractivity contribution in [3.8, 4) is 11.4 Å². The molecule has 8 heteroatoms. The monoisotopic (exact) mass is 404 g/mol. The van der Waals surface area contributed by atoms with Crippen LogP contribution >= 0.6 is 23.4 Å². The highest BCUT2D eigenvalue weighted by Crippen LogP contribution is 2.23. The number of nitrogens with zero attached hydrogens (tertiary/aromatic N) is 4. The van der Waals surface area contributed by atoms with Crippen molar-refractivity contribution < 1.29 is 9.18 Å². The summed E-state index contributed by atoms with van der Waals surface area (Å²) in [7, 11) is 3.58. The topological polar surface area (TPSA) is 51.0 Å². The summed E-state index contributed by atoms with van der Waals surface area (Å²) in [5.74, 6) is 0.560. The zero-order valence-corrected chi connectivity index (χ0v) is 16.5. The highest BCUT2D eigenvalue weighted by Gasteiger charge is 2.15. The minimum absolute atomic E-state index is 0.0127. The maximum Gasteiger partial charge on any atom is 0.233 e. The SMILES string of the molecule is CN(Cc1ccc(Cl)cc1)C(=O)CSc1nnc(-c2ccc(F)cc2)n1C. The van der Waals surface area contributed by atoms with E-state index < -0.39 is 0 Å². The number of hydrogen-bond donors (Lipinski definition) is 0. The Kier molecular flexibility index (Phi) is 6.13. The summed E-state index contributed by atoms with van der Waals surface area (Å²) in [5, 5.41) is 9.58. The number of benzene rings is 2. The van der Waals surface area contributed by atoms with Crippen LogP contribution in [0.3, 0.4) is 0 Å². The molecule has 0 aliphatic carbocycles. The van der Waals surface area contributed by atoms with Gasteiger partial charge in [-0.3, -0.25) is 4.79 Å². The highest BCUT2D eigenvalue weighted by atomic mass is 35.5. The van der Waals surface area contributed by atoms with Crippen molar-refractivity contribution in [3.63, 3.8) is 0 Å². The number of rotatable bonds is 6. The summed E-state index contributed by atoms with van der Waals surface area (Å²) in [5.41, 5.74) is 1.78. The van der Waals surface area contributed by atoms with E-state index in [2.05, 4.69) is 10.2 Å². The summed E-state index contributed by atoms with van der Waals surface area (Å²) >= 11 is 7.20. The van der Waals surface area contributed by atoms with E-state index in [1.54, 1.807) is 40.8 Å². The van der Waals surface area contributed by atoms with Crippen LogP contribution in [0.5, 0.6) is 0 Å². The molecule has 27 heavy (non-hydrogen) atoms. The fourth-order valence-electron chi connectivity index (χ4n) is 2.48. The first-order valence-corrected chi connectivity index (χ1v) is 9.57. The van der Waals surface area contributed by atoms with E-state index in [1.165, 1.54) is 23.9 Å². The molecule has 0 fully saturated rings. The van der Waals surface area contributed by atoms with Gasteiger partial charge in [-0.25, -0.2) is 4.39 Å². The molecule has 0 radical (unpaired) electrons. The second-order valence-electron chi connectivity index (χ2n) is 6.04. The van der Waals surface area contributed by atoms with Gasteiger partial charge in [-0.1, -0.05) is 35.5 Å². The van der Waals surface area contributed by atoms with Crippen molar-refractivity contribution in [1.82, 2.24) is 19.7 Å². The molecule has 0 saturated carbocycles. The minimum atomic E-state index is -0.301. The second kappa shape index (κ2) is 8.54. The number of carbonyl (C=O) groups excluding carboxylic acids is 1. The Hall–Kier alpha value is -2.38. The zero-order chi connectivity index (χ0) is 19.4. The number of hydrogen-bond acceptors (Lipinski definition) is 4. The van der Waals surface area contributed by atoms with Crippen LogP contribution in [0.25, 0.3) is 11.4 Å². The van der Waals surface area contributed by atoms with Gasteiger partial charge < -0.3 is 9.47 Å². The van der Waals surface area contributed by atoms with Crippen molar-refractivity contribution >= 4 is 29.3 Å². The molecule has 0 N–H and O–H groups in total. The van der Waals surface area contributed by atoms with Crippen molar-refractivity contribution in [2.75, 3.05) is 12.8 Å². The molecular formula is C19H18ClFN4OS. The number of carbonyl (C=O) groups is 1. The molecule has 5 nitrogen and oxygen atoms in total. The summed E-state index contributed by atoms with van der Waals surface area (Å²) < 4.78 is 14.9. The molecule has 0 aliphatic rings. The molecule has 2 aromatic carbocycles. The number of aromatic nitrogens is 3. The third-order valence-electron chi connectivity index (χ3n) is 4.02. The Morgan fingerprint density at radius 1 is 1.15 bits per heavy atom. The van der Waals surface area contributed by atoms with E-state index >= 15 is 0 Å². The van der Waals surface area contributed by atoms with Crippen molar-refractivity contribution in [3.05, 3.63) is 64.9 Å². The van der Waals surface area contributed by atoms with Crippen molar-refractivity contribution in [2.45, 2.75) is 11.7 Å². The van der Waals surface area contributed by atoms with Gasteiger partial charge in [-0.2, -0.15) is 0 Å². The zero-order valence-electron chi connectivity index (χ0n) is 14.9. The molecule has 1 aromatic heterocycles. The Morgan fingerprint density at radius 3 is 2.48 bits per heavy atom. The quantitative estimate of drug-likeness (QED) is 0.582. The van der Waals surface area contributed by atoms with Crippen LogP contribution in [0, 0.1) is 5.82 Å². The van der Waals surface area contributed by atoms with Gasteiger partial charge in [-0.05, 0) is 42.0 Å². The van der Waals surface area contributed by atoms with Crippen molar-refractivity contribution in [2.24, 2.45) is 7.05 Å². The predicted molar refractivity (Wildman–Crippen MR) is 105 cm³/mol. The Balaban J connectivity index is 1.60. The Morgan fingerprint density at radius 2 is 1.81 bits per heavy atom. The standard InChI is InChI=1S/C19H18ClFN4OS/c1-24(11-13-3-7-15(20)8-4-13)17(26)12-27-19-23-22-18(25(19)2)14-5-9-16(21)10-6-14/h3-10H,11-12H2,1-2H3. The van der Waals surface area contributed by atoms with Gasteiger partial charge in [0.15, 0.2) is 11.0 Å². The second-order valence-corrected chi connectivity index (χ2v) is 7.42. The summed E-state index contributed by atoms with van der Waals surface area (Å²) in [4.78, 5) is 14.1. The number of halogens is 2. The molecule has 0 bridgehead atoms. The maximum absolute atomic E-state index is 13.1. The Labute approximate surface area is 166 Å². The van der Waals surface area contributed by atoms with Crippen LogP contribution < -0.4 is 0 Å². The van der Waals surface area contributed by atoms with Crippen LogP contribution in [0.2, 0.25) is 5.02 Å². The number of thioether (sulfide) groups is 1. The normalized spacial score (nSPS) is 10.8. The molecule has 0 atom stereocenters. The molecule has 0 saturated heterocycles. The van der Waals surface area contributed by atoms with Crippen LogP contribution in [0.1, 0.15) is 5.56 Å². The summed E-state index contributed by atoms with van der Waals surface area (Å²) in [6.07, 6.45) is 0. The molecule has 140 valence electrons. The molecule has 3 aromatic rings. The van der Waals surface area contributed by atoms with E-state index in [4.69, 9.17) is 11.6 Å². The van der Waals surface area contributed by atoms with Gasteiger partial charge in [0, 0.05) is 31.2 Å². The first-order valence-electron chi connectivity index (χ1n) is 8.20. The third-order valence-corrected chi connectivity index (χ3v) is 5.28. The van der Waals surface area contributed by atoms with Gasteiger partial charge in [0.05, 0.1) is 5.75 Å². The van der Waals surface area contributed by atoms with E-state index in [1.807, 2.05) is 19.2 Å². The van der Waals surface area contributed by atoms with Crippen LogP contribution in [-0.4, -0.2) is 38.4 Å². The molecule has 1 heterocycles. The fraction of sp³-hybridized carbons (Fsp3) is 0.211. The van der Waals surface area contributed by atoms with Crippen LogP contribution in [0.15, 0.2) is 53.7 Å². The summed E-state index contributed by atoms with van der Waals surface area (Å²) in [6, 6.07) is 13.5. The lowest BCUT2D eigenvalue weighted by molar-refractivity contribution is -0.127. The number of amides is 1. The first kappa shape index (κ1) is 19.4. The predicted octanol–water partition coefficient (Wildman–Crippen LogP) is 4.03. The van der Waals surface area contributed by atoms with Crippen molar-refractivity contribution in [1.29, 1.82) is 0 Å². The summed E-state index contributed by atoms with van der Waals surface area (Å²) in [6.45, 7) is 0.510. The first-order chi connectivity index (χ1) is 12.9. The molecule has 0 unspecified atom stereocenters.